The van der Waals surface area contributed by atoms with E-state index in [4.69, 9.17) is 9.72 Å². The Labute approximate surface area is 188 Å². The van der Waals surface area contributed by atoms with Gasteiger partial charge in [0.1, 0.15) is 11.6 Å². The Hall–Kier alpha value is -4.11. The lowest BCUT2D eigenvalue weighted by atomic mass is 10.0. The number of ether oxygens (including phenoxy) is 1. The Morgan fingerprint density at radius 1 is 1.21 bits per heavy atom. The second kappa shape index (κ2) is 8.44. The summed E-state index contributed by atoms with van der Waals surface area (Å²) in [4.78, 5) is 34.1. The summed E-state index contributed by atoms with van der Waals surface area (Å²) in [6.45, 7) is 0.830. The summed E-state index contributed by atoms with van der Waals surface area (Å²) < 4.78 is 6.79. The minimum Gasteiger partial charge on any atom is -0.497 e. The third-order valence-corrected chi connectivity index (χ3v) is 5.87. The number of nitrogens with one attached hydrogen (secondary N) is 1. The number of rotatable bonds is 5. The zero-order chi connectivity index (χ0) is 22.9. The molecule has 0 amide bonds. The van der Waals surface area contributed by atoms with Gasteiger partial charge in [-0.05, 0) is 49.7 Å². The van der Waals surface area contributed by atoms with Crippen LogP contribution >= 0.6 is 0 Å². The molecule has 1 atom stereocenters. The Balaban J connectivity index is 1.86. The Kier molecular flexibility index (Phi) is 5.31. The molecule has 1 N–H and O–H groups in total. The maximum atomic E-state index is 13.8. The van der Waals surface area contributed by atoms with Gasteiger partial charge >= 0.3 is 0 Å². The van der Waals surface area contributed by atoms with Crippen molar-refractivity contribution in [2.75, 3.05) is 13.7 Å². The lowest BCUT2D eigenvalue weighted by molar-refractivity contribution is -0.384. The lowest BCUT2D eigenvalue weighted by Crippen LogP contribution is -2.29. The van der Waals surface area contributed by atoms with E-state index in [1.807, 2.05) is 0 Å². The summed E-state index contributed by atoms with van der Waals surface area (Å²) in [6.07, 6.45) is 5.05. The van der Waals surface area contributed by atoms with Crippen LogP contribution in [0, 0.1) is 10.1 Å². The van der Waals surface area contributed by atoms with Crippen LogP contribution in [0.4, 0.5) is 5.69 Å². The molecular formula is C24H21N5O4. The maximum absolute atomic E-state index is 13.8. The molecule has 4 aromatic rings. The molecule has 5 rings (SSSR count). The van der Waals surface area contributed by atoms with Crippen molar-refractivity contribution < 1.29 is 9.66 Å². The molecule has 9 heteroatoms. The fraction of sp³-hybridized carbons (Fsp3) is 0.208. The second-order valence-corrected chi connectivity index (χ2v) is 7.85. The molecule has 0 aliphatic carbocycles. The van der Waals surface area contributed by atoms with E-state index in [2.05, 4.69) is 10.3 Å². The number of benzene rings is 2. The molecule has 1 saturated heterocycles. The molecule has 1 aliphatic heterocycles. The van der Waals surface area contributed by atoms with Gasteiger partial charge < -0.3 is 10.1 Å². The average molecular weight is 443 g/mol. The molecule has 1 aliphatic rings. The van der Waals surface area contributed by atoms with Crippen molar-refractivity contribution in [3.05, 3.63) is 87.2 Å². The Morgan fingerprint density at radius 3 is 2.67 bits per heavy atom. The zero-order valence-corrected chi connectivity index (χ0v) is 17.9. The molecule has 0 spiro atoms. The monoisotopic (exact) mass is 443 g/mol. The van der Waals surface area contributed by atoms with Gasteiger partial charge in [-0.2, -0.15) is 0 Å². The Morgan fingerprint density at radius 2 is 2.03 bits per heavy atom. The molecule has 9 nitrogen and oxygen atoms in total. The normalized spacial score (nSPS) is 15.6. The number of methoxy groups -OCH3 is 1. The SMILES string of the molecule is COc1ccc(-n2c(C3CCCN3)nc3c(-c4cccnc4)cc([N+](=O)[O-])cc3c2=O)cc1. The maximum Gasteiger partial charge on any atom is 0.271 e. The average Bonchev–Trinajstić information content (AvgIpc) is 3.39. The van der Waals surface area contributed by atoms with E-state index in [0.29, 0.717) is 33.9 Å². The van der Waals surface area contributed by atoms with Crippen LogP contribution < -0.4 is 15.6 Å². The highest BCUT2D eigenvalue weighted by atomic mass is 16.6. The number of pyridine rings is 1. The molecule has 0 bridgehead atoms. The van der Waals surface area contributed by atoms with Crippen molar-refractivity contribution in [2.24, 2.45) is 0 Å². The van der Waals surface area contributed by atoms with Gasteiger partial charge in [-0.15, -0.1) is 0 Å². The van der Waals surface area contributed by atoms with Crippen LogP contribution in [0.25, 0.3) is 27.7 Å². The summed E-state index contributed by atoms with van der Waals surface area (Å²) >= 11 is 0. The Bertz CT molecular complexity index is 1390. The van der Waals surface area contributed by atoms with Crippen molar-refractivity contribution in [2.45, 2.75) is 18.9 Å². The number of non-ortho nitro benzene ring substituents is 1. The number of nitro benzene ring substituents is 1. The first-order valence-electron chi connectivity index (χ1n) is 10.6. The number of nitrogens with zero attached hydrogens (tertiary/aromatic N) is 4. The third-order valence-electron chi connectivity index (χ3n) is 5.87. The number of nitro groups is 1. The zero-order valence-electron chi connectivity index (χ0n) is 17.9. The van der Waals surface area contributed by atoms with Crippen molar-refractivity contribution in [1.29, 1.82) is 0 Å². The molecule has 0 saturated carbocycles. The first-order valence-corrected chi connectivity index (χ1v) is 10.6. The lowest BCUT2D eigenvalue weighted by Gasteiger charge is -2.19. The van der Waals surface area contributed by atoms with Crippen molar-refractivity contribution in [1.82, 2.24) is 19.9 Å². The van der Waals surface area contributed by atoms with Gasteiger partial charge in [-0.3, -0.25) is 24.5 Å². The minimum atomic E-state index is -0.497. The van der Waals surface area contributed by atoms with Crippen LogP contribution in [0.15, 0.2) is 65.7 Å². The smallest absolute Gasteiger partial charge is 0.271 e. The molecule has 33 heavy (non-hydrogen) atoms. The highest BCUT2D eigenvalue weighted by Crippen LogP contribution is 2.33. The predicted molar refractivity (Wildman–Crippen MR) is 124 cm³/mol. The molecule has 166 valence electrons. The topological polar surface area (TPSA) is 112 Å². The third kappa shape index (κ3) is 3.72. The van der Waals surface area contributed by atoms with Crippen LogP contribution in [0.1, 0.15) is 24.7 Å². The number of aromatic nitrogens is 3. The molecular weight excluding hydrogens is 422 g/mol. The minimum absolute atomic E-state index is 0.110. The van der Waals surface area contributed by atoms with Crippen molar-refractivity contribution in [3.8, 4) is 22.6 Å². The molecule has 2 aromatic heterocycles. The quantitative estimate of drug-likeness (QED) is 0.369. The van der Waals surface area contributed by atoms with Crippen molar-refractivity contribution in [3.63, 3.8) is 0 Å². The van der Waals surface area contributed by atoms with Crippen LogP contribution in [-0.2, 0) is 0 Å². The predicted octanol–water partition coefficient (Wildman–Crippen LogP) is 3.79. The van der Waals surface area contributed by atoms with E-state index in [-0.39, 0.29) is 22.7 Å². The fourth-order valence-electron chi connectivity index (χ4n) is 4.26. The highest BCUT2D eigenvalue weighted by Gasteiger charge is 2.26. The van der Waals surface area contributed by atoms with Gasteiger partial charge in [-0.25, -0.2) is 4.98 Å². The molecule has 1 fully saturated rings. The first kappa shape index (κ1) is 20.8. The standard InChI is InChI=1S/C24H21N5O4/c1-33-18-8-6-16(7-9-18)28-23(21-5-3-11-26-21)27-22-19(15-4-2-10-25-14-15)12-17(29(31)32)13-20(22)24(28)30/h2,4,6-10,12-14,21,26H,3,5,11H2,1H3. The summed E-state index contributed by atoms with van der Waals surface area (Å²) in [5, 5.41) is 15.3. The van der Waals surface area contributed by atoms with E-state index in [9.17, 15) is 14.9 Å². The first-order chi connectivity index (χ1) is 16.1. The summed E-state index contributed by atoms with van der Waals surface area (Å²) in [7, 11) is 1.58. The summed E-state index contributed by atoms with van der Waals surface area (Å²) in [5.74, 6) is 1.24. The summed E-state index contributed by atoms with van der Waals surface area (Å²) in [5.41, 5.74) is 1.67. The van der Waals surface area contributed by atoms with Gasteiger partial charge in [0.05, 0.1) is 34.7 Å². The van der Waals surface area contributed by atoms with E-state index in [0.717, 1.165) is 19.4 Å². The number of fused-ring (bicyclic) bond motifs is 1. The molecule has 0 radical (unpaired) electrons. The van der Waals surface area contributed by atoms with Gasteiger partial charge in [0.2, 0.25) is 0 Å². The molecule has 3 heterocycles. The van der Waals surface area contributed by atoms with E-state index in [1.165, 1.54) is 12.1 Å². The van der Waals surface area contributed by atoms with Crippen LogP contribution in [0.5, 0.6) is 5.75 Å². The van der Waals surface area contributed by atoms with Gasteiger partial charge in [-0.1, -0.05) is 6.07 Å². The van der Waals surface area contributed by atoms with Crippen LogP contribution in [0.2, 0.25) is 0 Å². The van der Waals surface area contributed by atoms with Crippen molar-refractivity contribution >= 4 is 16.6 Å². The number of hydrogen-bond acceptors (Lipinski definition) is 7. The summed E-state index contributed by atoms with van der Waals surface area (Å²) in [6, 6.07) is 13.3. The largest absolute Gasteiger partial charge is 0.497 e. The van der Waals surface area contributed by atoms with Gasteiger partial charge in [0, 0.05) is 35.7 Å². The van der Waals surface area contributed by atoms with E-state index >= 15 is 0 Å². The molecule has 2 aromatic carbocycles. The van der Waals surface area contributed by atoms with Gasteiger partial charge in [0.15, 0.2) is 0 Å². The van der Waals surface area contributed by atoms with E-state index < -0.39 is 4.92 Å². The van der Waals surface area contributed by atoms with Gasteiger partial charge in [0.25, 0.3) is 11.2 Å². The van der Waals surface area contributed by atoms with Crippen LogP contribution in [-0.4, -0.2) is 33.1 Å². The van der Waals surface area contributed by atoms with Crippen LogP contribution in [0.3, 0.4) is 0 Å². The second-order valence-electron chi connectivity index (χ2n) is 7.85. The molecule has 1 unspecified atom stereocenters. The highest BCUT2D eigenvalue weighted by molar-refractivity contribution is 5.95. The van der Waals surface area contributed by atoms with E-state index in [1.54, 1.807) is 60.5 Å². The fourth-order valence-corrected chi connectivity index (χ4v) is 4.26. The number of hydrogen-bond donors (Lipinski definition) is 1.